The van der Waals surface area contributed by atoms with E-state index in [2.05, 4.69) is 10.3 Å². The molecule has 3 rings (SSSR count). The number of esters is 1. The number of aryl methyl sites for hydroxylation is 1. The summed E-state index contributed by atoms with van der Waals surface area (Å²) in [4.78, 5) is 39.5. The maximum atomic E-state index is 12.7. The molecule has 0 aliphatic carbocycles. The summed E-state index contributed by atoms with van der Waals surface area (Å²) < 4.78 is 10.1. The van der Waals surface area contributed by atoms with Crippen molar-refractivity contribution in [1.82, 2.24) is 10.3 Å². The summed E-state index contributed by atoms with van der Waals surface area (Å²) in [6.07, 6.45) is 0.387. The number of ether oxygens (including phenoxy) is 1. The van der Waals surface area contributed by atoms with Crippen LogP contribution in [0.3, 0.4) is 0 Å². The van der Waals surface area contributed by atoms with Gasteiger partial charge in [0, 0.05) is 22.2 Å². The molecule has 0 radical (unpaired) electrons. The number of nitrogens with one attached hydrogen (secondary N) is 2. The lowest BCUT2D eigenvalue weighted by Gasteiger charge is -2.13. The van der Waals surface area contributed by atoms with Gasteiger partial charge < -0.3 is 19.5 Å². The van der Waals surface area contributed by atoms with Gasteiger partial charge in [-0.1, -0.05) is 18.2 Å². The number of benzene rings is 1. The van der Waals surface area contributed by atoms with Gasteiger partial charge in [-0.05, 0) is 32.0 Å². The molecule has 3 aromatic rings. The van der Waals surface area contributed by atoms with Crippen LogP contribution in [-0.4, -0.2) is 35.3 Å². The zero-order valence-corrected chi connectivity index (χ0v) is 14.4. The standard InChI is InChI=1S/C19H18N2O5/c1-11-17(13-6-3-4-7-14(13)21-11)18(23)12(2)26-16(22)10-20-19(24)15-8-5-9-25-15/h3-9,12,21H,10H2,1-2H3,(H,20,24)/t12-/m0/s1. The van der Waals surface area contributed by atoms with Crippen molar-refractivity contribution >= 4 is 28.6 Å². The number of carbonyl (C=O) groups excluding carboxylic acids is 3. The molecule has 1 aromatic carbocycles. The number of fused-ring (bicyclic) bond motifs is 1. The Hall–Kier alpha value is -3.35. The molecule has 0 spiro atoms. The molecule has 0 fully saturated rings. The van der Waals surface area contributed by atoms with Gasteiger partial charge in [0.1, 0.15) is 6.54 Å². The summed E-state index contributed by atoms with van der Waals surface area (Å²) in [5.41, 5.74) is 2.06. The van der Waals surface area contributed by atoms with E-state index in [9.17, 15) is 14.4 Å². The van der Waals surface area contributed by atoms with E-state index in [0.717, 1.165) is 10.9 Å². The molecule has 0 saturated heterocycles. The fraction of sp³-hybridized carbons (Fsp3) is 0.211. The third kappa shape index (κ3) is 3.51. The van der Waals surface area contributed by atoms with Crippen LogP contribution in [0.1, 0.15) is 33.5 Å². The molecule has 0 saturated carbocycles. The molecule has 0 bridgehead atoms. The van der Waals surface area contributed by atoms with Gasteiger partial charge in [-0.15, -0.1) is 0 Å². The van der Waals surface area contributed by atoms with Crippen molar-refractivity contribution in [2.24, 2.45) is 0 Å². The molecule has 7 nitrogen and oxygen atoms in total. The highest BCUT2D eigenvalue weighted by atomic mass is 16.5. The summed E-state index contributed by atoms with van der Waals surface area (Å²) in [5.74, 6) is -1.44. The van der Waals surface area contributed by atoms with Crippen LogP contribution in [0.4, 0.5) is 0 Å². The summed E-state index contributed by atoms with van der Waals surface area (Å²) in [6, 6.07) is 10.5. The van der Waals surface area contributed by atoms with E-state index in [1.807, 2.05) is 24.3 Å². The van der Waals surface area contributed by atoms with E-state index in [-0.39, 0.29) is 18.1 Å². The molecule has 0 aliphatic rings. The molecular formula is C19H18N2O5. The fourth-order valence-electron chi connectivity index (χ4n) is 2.74. The maximum Gasteiger partial charge on any atom is 0.326 e. The molecule has 26 heavy (non-hydrogen) atoms. The van der Waals surface area contributed by atoms with Crippen LogP contribution in [0.15, 0.2) is 47.1 Å². The first-order valence-corrected chi connectivity index (χ1v) is 8.10. The third-order valence-electron chi connectivity index (χ3n) is 3.96. The highest BCUT2D eigenvalue weighted by Crippen LogP contribution is 2.23. The van der Waals surface area contributed by atoms with Crippen molar-refractivity contribution in [1.29, 1.82) is 0 Å². The second-order valence-electron chi connectivity index (χ2n) is 5.83. The predicted octanol–water partition coefficient (Wildman–Crippen LogP) is 2.61. The Morgan fingerprint density at radius 2 is 1.96 bits per heavy atom. The number of H-pyrrole nitrogens is 1. The summed E-state index contributed by atoms with van der Waals surface area (Å²) in [6.45, 7) is 2.95. The Morgan fingerprint density at radius 1 is 1.19 bits per heavy atom. The van der Waals surface area contributed by atoms with Gasteiger partial charge >= 0.3 is 5.97 Å². The fourth-order valence-corrected chi connectivity index (χ4v) is 2.74. The molecule has 2 heterocycles. The molecular weight excluding hydrogens is 336 g/mol. The number of amides is 1. The highest BCUT2D eigenvalue weighted by molar-refractivity contribution is 6.11. The normalized spacial score (nSPS) is 11.9. The van der Waals surface area contributed by atoms with E-state index in [0.29, 0.717) is 11.3 Å². The molecule has 134 valence electrons. The number of furan rings is 1. The number of carbonyl (C=O) groups is 3. The second kappa shape index (κ2) is 7.26. The van der Waals surface area contributed by atoms with Crippen molar-refractivity contribution in [2.75, 3.05) is 6.54 Å². The van der Waals surface area contributed by atoms with Crippen molar-refractivity contribution < 1.29 is 23.5 Å². The highest BCUT2D eigenvalue weighted by Gasteiger charge is 2.24. The molecule has 1 atom stereocenters. The zero-order chi connectivity index (χ0) is 18.7. The third-order valence-corrected chi connectivity index (χ3v) is 3.96. The van der Waals surface area contributed by atoms with E-state index in [4.69, 9.17) is 9.15 Å². The first-order valence-electron chi connectivity index (χ1n) is 8.10. The van der Waals surface area contributed by atoms with Crippen LogP contribution < -0.4 is 5.32 Å². The molecule has 2 aromatic heterocycles. The largest absolute Gasteiger partial charge is 0.459 e. The Labute approximate surface area is 149 Å². The van der Waals surface area contributed by atoms with Crippen LogP contribution in [0.2, 0.25) is 0 Å². The molecule has 0 unspecified atom stereocenters. The number of aromatic nitrogens is 1. The monoisotopic (exact) mass is 354 g/mol. The number of rotatable bonds is 6. The van der Waals surface area contributed by atoms with Gasteiger partial charge in [0.2, 0.25) is 5.78 Å². The summed E-state index contributed by atoms with van der Waals surface area (Å²) >= 11 is 0. The zero-order valence-electron chi connectivity index (χ0n) is 14.4. The van der Waals surface area contributed by atoms with Crippen molar-refractivity contribution in [3.63, 3.8) is 0 Å². The number of aromatic amines is 1. The van der Waals surface area contributed by atoms with E-state index in [1.165, 1.54) is 19.3 Å². The minimum Gasteiger partial charge on any atom is -0.459 e. The van der Waals surface area contributed by atoms with Gasteiger partial charge in [-0.25, -0.2) is 0 Å². The smallest absolute Gasteiger partial charge is 0.326 e. The van der Waals surface area contributed by atoms with Gasteiger partial charge in [-0.3, -0.25) is 14.4 Å². The average molecular weight is 354 g/mol. The first-order chi connectivity index (χ1) is 12.5. The number of ketones is 1. The molecule has 2 N–H and O–H groups in total. The molecule has 1 amide bonds. The molecule has 0 aliphatic heterocycles. The second-order valence-corrected chi connectivity index (χ2v) is 5.83. The van der Waals surface area contributed by atoms with Crippen molar-refractivity contribution in [3.05, 3.63) is 59.7 Å². The lowest BCUT2D eigenvalue weighted by Crippen LogP contribution is -2.34. The van der Waals surface area contributed by atoms with Crippen molar-refractivity contribution in [2.45, 2.75) is 20.0 Å². The van der Waals surface area contributed by atoms with Crippen LogP contribution in [-0.2, 0) is 9.53 Å². The Morgan fingerprint density at radius 3 is 2.69 bits per heavy atom. The van der Waals surface area contributed by atoms with Gasteiger partial charge in [0.15, 0.2) is 11.9 Å². The van der Waals surface area contributed by atoms with Crippen LogP contribution >= 0.6 is 0 Å². The van der Waals surface area contributed by atoms with Crippen LogP contribution in [0, 0.1) is 6.92 Å². The predicted molar refractivity (Wildman–Crippen MR) is 94.0 cm³/mol. The lowest BCUT2D eigenvalue weighted by atomic mass is 10.0. The topological polar surface area (TPSA) is 101 Å². The number of para-hydroxylation sites is 1. The van der Waals surface area contributed by atoms with Crippen LogP contribution in [0.25, 0.3) is 10.9 Å². The van der Waals surface area contributed by atoms with E-state index >= 15 is 0 Å². The van der Waals surface area contributed by atoms with Gasteiger partial charge in [0.25, 0.3) is 5.91 Å². The SMILES string of the molecule is Cc1[nH]c2ccccc2c1C(=O)[C@H](C)OC(=O)CNC(=O)c1ccco1. The van der Waals surface area contributed by atoms with E-state index < -0.39 is 18.0 Å². The quantitative estimate of drug-likeness (QED) is 0.523. The number of hydrogen-bond acceptors (Lipinski definition) is 5. The first kappa shape index (κ1) is 17.5. The van der Waals surface area contributed by atoms with Crippen LogP contribution in [0.5, 0.6) is 0 Å². The lowest BCUT2D eigenvalue weighted by molar-refractivity contribution is -0.145. The average Bonchev–Trinajstić information content (AvgIpc) is 3.26. The minimum atomic E-state index is -0.971. The Bertz CT molecular complexity index is 956. The van der Waals surface area contributed by atoms with Gasteiger partial charge in [-0.2, -0.15) is 0 Å². The number of hydrogen-bond donors (Lipinski definition) is 2. The number of Topliss-reactive ketones (excluding diaryl/α,β-unsaturated/α-hetero) is 1. The summed E-state index contributed by atoms with van der Waals surface area (Å²) in [7, 11) is 0. The summed E-state index contributed by atoms with van der Waals surface area (Å²) in [5, 5.41) is 3.16. The Balaban J connectivity index is 1.62. The van der Waals surface area contributed by atoms with Gasteiger partial charge in [0.05, 0.1) is 6.26 Å². The van der Waals surface area contributed by atoms with Crippen molar-refractivity contribution in [3.8, 4) is 0 Å². The maximum absolute atomic E-state index is 12.7. The molecule has 7 heteroatoms. The minimum absolute atomic E-state index is 0.0938. The Kier molecular flexibility index (Phi) is 4.88. The van der Waals surface area contributed by atoms with E-state index in [1.54, 1.807) is 13.0 Å².